The highest BCUT2D eigenvalue weighted by molar-refractivity contribution is 5.83. The third-order valence-electron chi connectivity index (χ3n) is 3.11. The number of esters is 1. The zero-order valence-electron chi connectivity index (χ0n) is 10.9. The van der Waals surface area contributed by atoms with Crippen molar-refractivity contribution in [3.05, 3.63) is 23.8 Å². The van der Waals surface area contributed by atoms with E-state index in [1.54, 1.807) is 33.3 Å². The number of epoxide rings is 1. The maximum Gasteiger partial charge on any atom is 0.340 e. The summed E-state index contributed by atoms with van der Waals surface area (Å²) < 4.78 is 20.5. The van der Waals surface area contributed by atoms with Crippen molar-refractivity contribution >= 4 is 5.97 Å². The lowest BCUT2D eigenvalue weighted by atomic mass is 10.0. The van der Waals surface area contributed by atoms with E-state index in [0.29, 0.717) is 11.5 Å². The largest absolute Gasteiger partial charge is 0.493 e. The summed E-state index contributed by atoms with van der Waals surface area (Å²) in [6.07, 6.45) is -0.301. The SMILES string of the molecule is COC(=O)C1(C)OC1c1ccc(OC)c(OC)c1. The van der Waals surface area contributed by atoms with Crippen LogP contribution in [0.15, 0.2) is 18.2 Å². The molecule has 0 radical (unpaired) electrons. The van der Waals surface area contributed by atoms with E-state index >= 15 is 0 Å². The van der Waals surface area contributed by atoms with Crippen LogP contribution in [0.2, 0.25) is 0 Å². The summed E-state index contributed by atoms with van der Waals surface area (Å²) in [5.41, 5.74) is -0.0329. The van der Waals surface area contributed by atoms with Crippen LogP contribution in [0.4, 0.5) is 0 Å². The van der Waals surface area contributed by atoms with Crippen molar-refractivity contribution < 1.29 is 23.7 Å². The maximum atomic E-state index is 11.6. The van der Waals surface area contributed by atoms with Crippen LogP contribution in [0.5, 0.6) is 11.5 Å². The Labute approximate surface area is 106 Å². The number of methoxy groups -OCH3 is 3. The van der Waals surface area contributed by atoms with Crippen molar-refractivity contribution in [2.45, 2.75) is 18.6 Å². The first-order chi connectivity index (χ1) is 8.56. The third kappa shape index (κ3) is 1.90. The number of hydrogen-bond acceptors (Lipinski definition) is 5. The average molecular weight is 252 g/mol. The monoisotopic (exact) mass is 252 g/mol. The second-order valence-electron chi connectivity index (χ2n) is 4.21. The van der Waals surface area contributed by atoms with Gasteiger partial charge in [0.05, 0.1) is 21.3 Å². The molecule has 1 heterocycles. The van der Waals surface area contributed by atoms with Gasteiger partial charge in [-0.1, -0.05) is 6.07 Å². The molecule has 2 unspecified atom stereocenters. The molecule has 0 aromatic heterocycles. The summed E-state index contributed by atoms with van der Waals surface area (Å²) in [6, 6.07) is 5.44. The van der Waals surface area contributed by atoms with Gasteiger partial charge in [-0.25, -0.2) is 4.79 Å². The van der Waals surface area contributed by atoms with Crippen LogP contribution < -0.4 is 9.47 Å². The van der Waals surface area contributed by atoms with Gasteiger partial charge < -0.3 is 18.9 Å². The molecule has 0 spiro atoms. The molecule has 1 aromatic carbocycles. The predicted octanol–water partition coefficient (Wildman–Crippen LogP) is 1.71. The van der Waals surface area contributed by atoms with Crippen LogP contribution in [0.25, 0.3) is 0 Å². The summed E-state index contributed by atoms with van der Waals surface area (Å²) in [5, 5.41) is 0. The van der Waals surface area contributed by atoms with E-state index in [0.717, 1.165) is 5.56 Å². The molecule has 1 fully saturated rings. The van der Waals surface area contributed by atoms with Gasteiger partial charge in [-0.15, -0.1) is 0 Å². The topological polar surface area (TPSA) is 57.3 Å². The van der Waals surface area contributed by atoms with Crippen molar-refractivity contribution in [3.63, 3.8) is 0 Å². The summed E-state index contributed by atoms with van der Waals surface area (Å²) >= 11 is 0. The first-order valence-electron chi connectivity index (χ1n) is 5.55. The lowest BCUT2D eigenvalue weighted by Crippen LogP contribution is -2.22. The van der Waals surface area contributed by atoms with Crippen LogP contribution in [0.1, 0.15) is 18.6 Å². The van der Waals surface area contributed by atoms with Crippen LogP contribution in [-0.4, -0.2) is 32.9 Å². The Kier molecular flexibility index (Phi) is 3.17. The first-order valence-corrected chi connectivity index (χ1v) is 5.55. The molecule has 5 nitrogen and oxygen atoms in total. The summed E-state index contributed by atoms with van der Waals surface area (Å²) in [7, 11) is 4.49. The standard InChI is InChI=1S/C13H16O5/c1-13(12(14)17-4)11(18-13)8-5-6-9(15-2)10(7-8)16-3/h5-7,11H,1-4H3. The highest BCUT2D eigenvalue weighted by Gasteiger charge is 2.60. The van der Waals surface area contributed by atoms with Gasteiger partial charge in [0.25, 0.3) is 0 Å². The van der Waals surface area contributed by atoms with Crippen LogP contribution in [-0.2, 0) is 14.3 Å². The summed E-state index contributed by atoms with van der Waals surface area (Å²) in [4.78, 5) is 11.6. The van der Waals surface area contributed by atoms with Crippen molar-refractivity contribution in [2.24, 2.45) is 0 Å². The molecule has 2 rings (SSSR count). The summed E-state index contributed by atoms with van der Waals surface area (Å²) in [5.74, 6) is 0.877. The van der Waals surface area contributed by atoms with Gasteiger partial charge in [0, 0.05) is 0 Å². The molecule has 0 amide bonds. The molecular weight excluding hydrogens is 236 g/mol. The Bertz CT molecular complexity index is 470. The van der Waals surface area contributed by atoms with Gasteiger partial charge in [0.2, 0.25) is 0 Å². The fourth-order valence-electron chi connectivity index (χ4n) is 1.97. The highest BCUT2D eigenvalue weighted by Crippen LogP contribution is 2.51. The normalized spacial score (nSPS) is 25.4. The number of benzene rings is 1. The van der Waals surface area contributed by atoms with Crippen LogP contribution >= 0.6 is 0 Å². The van der Waals surface area contributed by atoms with Gasteiger partial charge in [-0.3, -0.25) is 0 Å². The lowest BCUT2D eigenvalue weighted by Gasteiger charge is -2.09. The molecule has 1 saturated heterocycles. The zero-order valence-corrected chi connectivity index (χ0v) is 10.9. The van der Waals surface area contributed by atoms with Gasteiger partial charge in [0.1, 0.15) is 6.10 Å². The van der Waals surface area contributed by atoms with E-state index in [9.17, 15) is 4.79 Å². The smallest absolute Gasteiger partial charge is 0.340 e. The average Bonchev–Trinajstić information content (AvgIpc) is 3.10. The summed E-state index contributed by atoms with van der Waals surface area (Å²) in [6.45, 7) is 1.71. The molecule has 5 heteroatoms. The van der Waals surface area contributed by atoms with E-state index in [4.69, 9.17) is 18.9 Å². The Morgan fingerprint density at radius 3 is 2.44 bits per heavy atom. The van der Waals surface area contributed by atoms with E-state index < -0.39 is 5.60 Å². The molecule has 0 N–H and O–H groups in total. The fraction of sp³-hybridized carbons (Fsp3) is 0.462. The van der Waals surface area contributed by atoms with E-state index in [1.165, 1.54) is 7.11 Å². The van der Waals surface area contributed by atoms with Gasteiger partial charge in [0.15, 0.2) is 17.1 Å². The Morgan fingerprint density at radius 1 is 1.22 bits per heavy atom. The van der Waals surface area contributed by atoms with E-state index in [1.807, 2.05) is 6.07 Å². The molecule has 0 bridgehead atoms. The number of carbonyl (C=O) groups excluding carboxylic acids is 1. The Morgan fingerprint density at radius 2 is 1.89 bits per heavy atom. The van der Waals surface area contributed by atoms with Gasteiger partial charge in [-0.05, 0) is 24.6 Å². The minimum absolute atomic E-state index is 0.301. The predicted molar refractivity (Wildman–Crippen MR) is 63.8 cm³/mol. The van der Waals surface area contributed by atoms with Gasteiger partial charge in [-0.2, -0.15) is 0 Å². The molecule has 18 heavy (non-hydrogen) atoms. The third-order valence-corrected chi connectivity index (χ3v) is 3.11. The van der Waals surface area contributed by atoms with E-state index in [2.05, 4.69) is 0 Å². The molecule has 2 atom stereocenters. The van der Waals surface area contributed by atoms with Crippen molar-refractivity contribution in [2.75, 3.05) is 21.3 Å². The lowest BCUT2D eigenvalue weighted by molar-refractivity contribution is -0.146. The first kappa shape index (κ1) is 12.7. The minimum Gasteiger partial charge on any atom is -0.493 e. The Balaban J connectivity index is 2.24. The highest BCUT2D eigenvalue weighted by atomic mass is 16.7. The van der Waals surface area contributed by atoms with Gasteiger partial charge >= 0.3 is 5.97 Å². The quantitative estimate of drug-likeness (QED) is 0.603. The van der Waals surface area contributed by atoms with Crippen LogP contribution in [0, 0.1) is 0 Å². The fourth-order valence-corrected chi connectivity index (χ4v) is 1.97. The van der Waals surface area contributed by atoms with Crippen molar-refractivity contribution in [1.29, 1.82) is 0 Å². The number of carbonyl (C=O) groups is 1. The number of rotatable bonds is 4. The molecule has 0 saturated carbocycles. The maximum absolute atomic E-state index is 11.6. The molecule has 1 aliphatic heterocycles. The van der Waals surface area contributed by atoms with Crippen molar-refractivity contribution in [3.8, 4) is 11.5 Å². The second-order valence-corrected chi connectivity index (χ2v) is 4.21. The Hall–Kier alpha value is -1.75. The number of ether oxygens (including phenoxy) is 4. The zero-order chi connectivity index (χ0) is 13.3. The molecule has 1 aromatic rings. The second kappa shape index (κ2) is 4.49. The molecule has 0 aliphatic carbocycles. The molecule has 98 valence electrons. The minimum atomic E-state index is -0.894. The van der Waals surface area contributed by atoms with E-state index in [-0.39, 0.29) is 12.1 Å². The molecular formula is C13H16O5. The van der Waals surface area contributed by atoms with Crippen LogP contribution in [0.3, 0.4) is 0 Å². The van der Waals surface area contributed by atoms with Crippen molar-refractivity contribution in [1.82, 2.24) is 0 Å². The molecule has 1 aliphatic rings. The number of hydrogen-bond donors (Lipinski definition) is 0.